The Morgan fingerprint density at radius 3 is 2.43 bits per heavy atom. The van der Waals surface area contributed by atoms with Crippen LogP contribution in [0.3, 0.4) is 0 Å². The molecule has 0 fully saturated rings. The van der Waals surface area contributed by atoms with Crippen molar-refractivity contribution in [1.82, 2.24) is 5.32 Å². The van der Waals surface area contributed by atoms with Crippen molar-refractivity contribution in [2.45, 2.75) is 25.1 Å². The molecule has 2 rings (SSSR count). The second kappa shape index (κ2) is 8.63. The fraction of sp³-hybridized carbons (Fsp3) is 0.316. The van der Waals surface area contributed by atoms with Crippen LogP contribution in [-0.2, 0) is 4.79 Å². The number of carbonyl (C=O) groups is 1. The molecule has 2 aromatic carbocycles. The van der Waals surface area contributed by atoms with Crippen molar-refractivity contribution in [3.8, 4) is 5.75 Å². The first kappa shape index (κ1) is 17.4. The molecule has 0 radical (unpaired) electrons. The predicted molar refractivity (Wildman–Crippen MR) is 96.9 cm³/mol. The lowest BCUT2D eigenvalue weighted by molar-refractivity contribution is -0.119. The molecular formula is C19H23NO2S. The molecule has 0 spiro atoms. The van der Waals surface area contributed by atoms with Gasteiger partial charge in [-0.25, -0.2) is 0 Å². The minimum absolute atomic E-state index is 0.0381. The van der Waals surface area contributed by atoms with Gasteiger partial charge in [-0.1, -0.05) is 48.5 Å². The highest BCUT2D eigenvalue weighted by Crippen LogP contribution is 2.28. The van der Waals surface area contributed by atoms with Crippen molar-refractivity contribution < 1.29 is 9.53 Å². The molecule has 122 valence electrons. The first-order valence-electron chi connectivity index (χ1n) is 7.70. The molecule has 2 aromatic rings. The second-order valence-corrected chi connectivity index (χ2v) is 6.72. The van der Waals surface area contributed by atoms with Crippen LogP contribution in [0.1, 0.15) is 36.3 Å². The lowest BCUT2D eigenvalue weighted by atomic mass is 10.1. The topological polar surface area (TPSA) is 38.3 Å². The zero-order valence-electron chi connectivity index (χ0n) is 13.8. The molecule has 0 saturated heterocycles. The van der Waals surface area contributed by atoms with Crippen molar-refractivity contribution in [3.63, 3.8) is 0 Å². The first-order valence-corrected chi connectivity index (χ1v) is 8.75. The number of rotatable bonds is 7. The normalized spacial score (nSPS) is 13.2. The van der Waals surface area contributed by atoms with Crippen molar-refractivity contribution in [1.29, 1.82) is 0 Å². The van der Waals surface area contributed by atoms with Gasteiger partial charge in [-0.2, -0.15) is 0 Å². The molecule has 23 heavy (non-hydrogen) atoms. The van der Waals surface area contributed by atoms with E-state index >= 15 is 0 Å². The van der Waals surface area contributed by atoms with Gasteiger partial charge in [0.25, 0.3) is 0 Å². The lowest BCUT2D eigenvalue weighted by Crippen LogP contribution is -2.28. The molecule has 0 aliphatic carbocycles. The summed E-state index contributed by atoms with van der Waals surface area (Å²) >= 11 is 1.64. The highest BCUT2D eigenvalue weighted by molar-refractivity contribution is 8.00. The standard InChI is InChI=1S/C19H23NO2S/c1-14(17-11-7-8-12-18(17)22-3)20-19(21)13-23-15(2)16-9-5-4-6-10-16/h4-12,14-15H,13H2,1-3H3,(H,20,21)/t14-,15+/m0/s1. The summed E-state index contributed by atoms with van der Waals surface area (Å²) in [5, 5.41) is 3.33. The summed E-state index contributed by atoms with van der Waals surface area (Å²) in [6, 6.07) is 17.9. The maximum atomic E-state index is 12.2. The molecule has 0 saturated carbocycles. The maximum absolute atomic E-state index is 12.2. The number of methoxy groups -OCH3 is 1. The van der Waals surface area contributed by atoms with Crippen molar-refractivity contribution in [2.24, 2.45) is 0 Å². The number of para-hydroxylation sites is 1. The van der Waals surface area contributed by atoms with Crippen LogP contribution in [0, 0.1) is 0 Å². The first-order chi connectivity index (χ1) is 11.1. The van der Waals surface area contributed by atoms with Gasteiger partial charge in [0, 0.05) is 10.8 Å². The summed E-state index contributed by atoms with van der Waals surface area (Å²) in [5.74, 6) is 1.28. The number of amides is 1. The van der Waals surface area contributed by atoms with Crippen LogP contribution in [0.15, 0.2) is 54.6 Å². The Labute approximate surface area is 142 Å². The van der Waals surface area contributed by atoms with E-state index in [0.29, 0.717) is 11.0 Å². The quantitative estimate of drug-likeness (QED) is 0.820. The summed E-state index contributed by atoms with van der Waals surface area (Å²) in [4.78, 5) is 12.2. The van der Waals surface area contributed by atoms with Crippen LogP contribution in [0.4, 0.5) is 0 Å². The molecule has 0 aromatic heterocycles. The van der Waals surface area contributed by atoms with Gasteiger partial charge in [0.2, 0.25) is 5.91 Å². The van der Waals surface area contributed by atoms with Crippen molar-refractivity contribution >= 4 is 17.7 Å². The molecule has 3 nitrogen and oxygen atoms in total. The molecular weight excluding hydrogens is 306 g/mol. The molecule has 1 N–H and O–H groups in total. The number of nitrogens with one attached hydrogen (secondary N) is 1. The minimum atomic E-state index is -0.0775. The monoisotopic (exact) mass is 329 g/mol. The Kier molecular flexibility index (Phi) is 6.53. The number of carbonyl (C=O) groups excluding carboxylic acids is 1. The third-order valence-corrected chi connectivity index (χ3v) is 4.92. The number of ether oxygens (including phenoxy) is 1. The van der Waals surface area contributed by atoms with Gasteiger partial charge < -0.3 is 10.1 Å². The van der Waals surface area contributed by atoms with Crippen LogP contribution in [0.25, 0.3) is 0 Å². The summed E-state index contributed by atoms with van der Waals surface area (Å²) in [7, 11) is 1.64. The Balaban J connectivity index is 1.87. The average Bonchev–Trinajstić information content (AvgIpc) is 2.60. The van der Waals surface area contributed by atoms with Gasteiger partial charge in [-0.05, 0) is 25.5 Å². The van der Waals surface area contributed by atoms with Gasteiger partial charge in [0.1, 0.15) is 5.75 Å². The van der Waals surface area contributed by atoms with Crippen molar-refractivity contribution in [2.75, 3.05) is 12.9 Å². The van der Waals surface area contributed by atoms with Gasteiger partial charge in [0.05, 0.1) is 18.9 Å². The maximum Gasteiger partial charge on any atom is 0.230 e. The van der Waals surface area contributed by atoms with E-state index in [1.165, 1.54) is 5.56 Å². The van der Waals surface area contributed by atoms with Gasteiger partial charge in [-0.15, -0.1) is 11.8 Å². The zero-order valence-corrected chi connectivity index (χ0v) is 14.6. The van der Waals surface area contributed by atoms with Gasteiger partial charge in [0.15, 0.2) is 0 Å². The smallest absolute Gasteiger partial charge is 0.230 e. The van der Waals surface area contributed by atoms with Crippen LogP contribution in [-0.4, -0.2) is 18.8 Å². The summed E-state index contributed by atoms with van der Waals surface area (Å²) in [5.41, 5.74) is 2.23. The Morgan fingerprint density at radius 2 is 1.74 bits per heavy atom. The third-order valence-electron chi connectivity index (χ3n) is 3.72. The molecule has 0 unspecified atom stereocenters. The zero-order chi connectivity index (χ0) is 16.7. The molecule has 1 amide bonds. The Bertz CT molecular complexity index is 630. The molecule has 0 heterocycles. The molecule has 0 aliphatic heterocycles. The van der Waals surface area contributed by atoms with Crippen LogP contribution >= 0.6 is 11.8 Å². The van der Waals surface area contributed by atoms with E-state index in [1.807, 2.05) is 49.4 Å². The van der Waals surface area contributed by atoms with E-state index < -0.39 is 0 Å². The third kappa shape index (κ3) is 5.03. The number of benzene rings is 2. The largest absolute Gasteiger partial charge is 0.496 e. The van der Waals surface area contributed by atoms with E-state index in [-0.39, 0.29) is 11.9 Å². The fourth-order valence-electron chi connectivity index (χ4n) is 2.41. The van der Waals surface area contributed by atoms with E-state index in [9.17, 15) is 4.79 Å². The fourth-order valence-corrected chi connectivity index (χ4v) is 3.24. The highest BCUT2D eigenvalue weighted by atomic mass is 32.2. The highest BCUT2D eigenvalue weighted by Gasteiger charge is 2.15. The van der Waals surface area contributed by atoms with E-state index in [4.69, 9.17) is 4.74 Å². The predicted octanol–water partition coefficient (Wildman–Crippen LogP) is 4.37. The molecule has 2 atom stereocenters. The van der Waals surface area contributed by atoms with Crippen LogP contribution < -0.4 is 10.1 Å². The number of hydrogen-bond donors (Lipinski definition) is 1. The van der Waals surface area contributed by atoms with Crippen LogP contribution in [0.2, 0.25) is 0 Å². The molecule has 4 heteroatoms. The second-order valence-electron chi connectivity index (χ2n) is 5.40. The summed E-state index contributed by atoms with van der Waals surface area (Å²) in [6.45, 7) is 4.10. The SMILES string of the molecule is COc1ccccc1[C@H](C)NC(=O)CS[C@H](C)c1ccccc1. The molecule has 0 bridgehead atoms. The Morgan fingerprint density at radius 1 is 1.09 bits per heavy atom. The lowest BCUT2D eigenvalue weighted by Gasteiger charge is -2.18. The average molecular weight is 329 g/mol. The van der Waals surface area contributed by atoms with E-state index in [2.05, 4.69) is 24.4 Å². The number of thioether (sulfide) groups is 1. The minimum Gasteiger partial charge on any atom is -0.496 e. The van der Waals surface area contributed by atoms with Crippen molar-refractivity contribution in [3.05, 3.63) is 65.7 Å². The van der Waals surface area contributed by atoms with Gasteiger partial charge in [-0.3, -0.25) is 4.79 Å². The van der Waals surface area contributed by atoms with Gasteiger partial charge >= 0.3 is 0 Å². The van der Waals surface area contributed by atoms with E-state index in [1.54, 1.807) is 18.9 Å². The summed E-state index contributed by atoms with van der Waals surface area (Å²) < 4.78 is 5.35. The summed E-state index contributed by atoms with van der Waals surface area (Å²) in [6.07, 6.45) is 0. The van der Waals surface area contributed by atoms with Crippen LogP contribution in [0.5, 0.6) is 5.75 Å². The number of hydrogen-bond acceptors (Lipinski definition) is 3. The molecule has 0 aliphatic rings. The Hall–Kier alpha value is -1.94. The van der Waals surface area contributed by atoms with E-state index in [0.717, 1.165) is 11.3 Å².